The van der Waals surface area contributed by atoms with E-state index < -0.39 is 0 Å². The zero-order valence-electron chi connectivity index (χ0n) is 18.3. The van der Waals surface area contributed by atoms with Crippen molar-refractivity contribution in [3.8, 4) is 22.4 Å². The van der Waals surface area contributed by atoms with E-state index in [0.717, 1.165) is 53.9 Å². The van der Waals surface area contributed by atoms with Crippen molar-refractivity contribution >= 4 is 11.6 Å². The number of aromatic nitrogens is 5. The summed E-state index contributed by atoms with van der Waals surface area (Å²) in [6.07, 6.45) is 3.04. The van der Waals surface area contributed by atoms with E-state index >= 15 is 0 Å². The van der Waals surface area contributed by atoms with Gasteiger partial charge in [-0.25, -0.2) is 18.9 Å². The van der Waals surface area contributed by atoms with Crippen LogP contribution in [0.4, 0.5) is 5.95 Å². The van der Waals surface area contributed by atoms with Crippen LogP contribution in [0.1, 0.15) is 30.7 Å². The first kappa shape index (κ1) is 20.4. The molecule has 1 fully saturated rings. The summed E-state index contributed by atoms with van der Waals surface area (Å²) in [5, 5.41) is 4.74. The van der Waals surface area contributed by atoms with Crippen LogP contribution in [-0.4, -0.2) is 36.9 Å². The van der Waals surface area contributed by atoms with Crippen LogP contribution in [0.5, 0.6) is 0 Å². The molecule has 0 radical (unpaired) electrons. The maximum atomic E-state index is 13.3. The minimum absolute atomic E-state index is 0.0250. The highest BCUT2D eigenvalue weighted by molar-refractivity contribution is 5.90. The lowest BCUT2D eigenvalue weighted by Gasteiger charge is -2.21. The normalized spacial score (nSPS) is 16.5. The third kappa shape index (κ3) is 3.67. The van der Waals surface area contributed by atoms with E-state index in [1.54, 1.807) is 0 Å². The first-order chi connectivity index (χ1) is 15.5. The summed E-state index contributed by atoms with van der Waals surface area (Å²) in [6.45, 7) is 5.02. The van der Waals surface area contributed by atoms with E-state index in [4.69, 9.17) is 15.6 Å². The van der Waals surface area contributed by atoms with E-state index in [1.165, 1.54) is 9.08 Å². The summed E-state index contributed by atoms with van der Waals surface area (Å²) in [5.41, 5.74) is 11.5. The molecule has 1 aliphatic rings. The van der Waals surface area contributed by atoms with Crippen molar-refractivity contribution < 1.29 is 4.74 Å². The highest BCUT2D eigenvalue weighted by Gasteiger charge is 2.23. The molecular formula is C24H26N6O2. The monoisotopic (exact) mass is 430 g/mol. The Kier molecular flexibility index (Phi) is 5.22. The van der Waals surface area contributed by atoms with E-state index in [0.29, 0.717) is 17.9 Å². The van der Waals surface area contributed by atoms with Crippen LogP contribution in [0.3, 0.4) is 0 Å². The molecule has 32 heavy (non-hydrogen) atoms. The second-order valence-electron chi connectivity index (χ2n) is 8.31. The number of nitrogens with two attached hydrogens (primary N) is 1. The van der Waals surface area contributed by atoms with E-state index in [1.807, 2.05) is 56.3 Å². The van der Waals surface area contributed by atoms with Crippen molar-refractivity contribution in [1.29, 1.82) is 0 Å². The number of aryl methyl sites for hydroxylation is 2. The Morgan fingerprint density at radius 3 is 2.50 bits per heavy atom. The maximum absolute atomic E-state index is 13.3. The summed E-state index contributed by atoms with van der Waals surface area (Å²) < 4.78 is 8.70. The van der Waals surface area contributed by atoms with Gasteiger partial charge in [-0.15, -0.1) is 5.10 Å². The Morgan fingerprint density at radius 2 is 1.81 bits per heavy atom. The predicted molar refractivity (Wildman–Crippen MR) is 123 cm³/mol. The summed E-state index contributed by atoms with van der Waals surface area (Å²) >= 11 is 0. The molecule has 3 aromatic heterocycles. The smallest absolute Gasteiger partial charge is 0.353 e. The molecule has 0 spiro atoms. The zero-order chi connectivity index (χ0) is 22.2. The maximum Gasteiger partial charge on any atom is 0.353 e. The van der Waals surface area contributed by atoms with Crippen LogP contribution in [0, 0.1) is 13.8 Å². The first-order valence-corrected chi connectivity index (χ1v) is 10.9. The Morgan fingerprint density at radius 1 is 1.06 bits per heavy atom. The highest BCUT2D eigenvalue weighted by Crippen LogP contribution is 2.34. The SMILES string of the molecule is Cc1cc(-c2c(-c3ccccc3)nc(N)n3c(=O)n(CC4CCCCO4)nc23)cc(C)n1. The number of nitrogen functional groups attached to an aromatic ring is 1. The lowest BCUT2D eigenvalue weighted by atomic mass is 9.99. The fourth-order valence-corrected chi connectivity index (χ4v) is 4.42. The average molecular weight is 431 g/mol. The number of ether oxygens (including phenoxy) is 1. The molecule has 0 bridgehead atoms. The van der Waals surface area contributed by atoms with Gasteiger partial charge in [0, 0.05) is 23.6 Å². The molecule has 2 N–H and O–H groups in total. The number of pyridine rings is 1. The highest BCUT2D eigenvalue weighted by atomic mass is 16.5. The Hall–Kier alpha value is -3.52. The van der Waals surface area contributed by atoms with Gasteiger partial charge in [-0.05, 0) is 50.8 Å². The van der Waals surface area contributed by atoms with Crippen LogP contribution >= 0.6 is 0 Å². The minimum Gasteiger partial charge on any atom is -0.376 e. The number of benzene rings is 1. The van der Waals surface area contributed by atoms with Crippen LogP contribution in [0.2, 0.25) is 0 Å². The van der Waals surface area contributed by atoms with Crippen molar-refractivity contribution in [2.45, 2.75) is 45.8 Å². The summed E-state index contributed by atoms with van der Waals surface area (Å²) in [5.74, 6) is 0.117. The molecule has 4 aromatic rings. The molecule has 8 nitrogen and oxygen atoms in total. The van der Waals surface area contributed by atoms with Gasteiger partial charge in [0.15, 0.2) is 5.65 Å². The van der Waals surface area contributed by atoms with Gasteiger partial charge < -0.3 is 10.5 Å². The standard InChI is InChI=1S/C24H26N6O2/c1-15-12-18(13-16(2)26-15)20-21(17-8-4-3-5-9-17)27-23(25)30-22(20)28-29(24(30)31)14-19-10-6-7-11-32-19/h3-5,8-9,12-13,19H,6-7,10-11,14H2,1-2H3,(H2,25,27). The molecule has 1 atom stereocenters. The van der Waals surface area contributed by atoms with Crippen LogP contribution in [0.15, 0.2) is 47.3 Å². The molecule has 164 valence electrons. The molecule has 0 amide bonds. The van der Waals surface area contributed by atoms with Gasteiger partial charge in [-0.2, -0.15) is 0 Å². The molecule has 4 heterocycles. The second-order valence-corrected chi connectivity index (χ2v) is 8.31. The lowest BCUT2D eigenvalue weighted by molar-refractivity contribution is 0.00341. The van der Waals surface area contributed by atoms with Crippen LogP contribution in [0.25, 0.3) is 28.0 Å². The summed E-state index contributed by atoms with van der Waals surface area (Å²) in [6, 6.07) is 13.8. The Bertz CT molecular complexity index is 1320. The van der Waals surface area contributed by atoms with Crippen molar-refractivity contribution in [2.24, 2.45) is 0 Å². The van der Waals surface area contributed by atoms with Crippen molar-refractivity contribution in [3.63, 3.8) is 0 Å². The molecule has 1 saturated heterocycles. The number of hydrogen-bond donors (Lipinski definition) is 1. The molecule has 0 aliphatic carbocycles. The van der Waals surface area contributed by atoms with Crippen molar-refractivity contribution in [3.05, 3.63) is 64.3 Å². The Labute approximate surface area is 185 Å². The first-order valence-electron chi connectivity index (χ1n) is 10.9. The third-order valence-electron chi connectivity index (χ3n) is 5.82. The fourth-order valence-electron chi connectivity index (χ4n) is 4.42. The van der Waals surface area contributed by atoms with Gasteiger partial charge in [0.05, 0.1) is 23.9 Å². The zero-order valence-corrected chi connectivity index (χ0v) is 18.3. The summed E-state index contributed by atoms with van der Waals surface area (Å²) in [4.78, 5) is 22.4. The lowest BCUT2D eigenvalue weighted by Crippen LogP contribution is -2.31. The molecule has 1 aromatic carbocycles. The number of fused-ring (bicyclic) bond motifs is 1. The van der Waals surface area contributed by atoms with Crippen molar-refractivity contribution in [2.75, 3.05) is 12.3 Å². The molecule has 1 aliphatic heterocycles. The minimum atomic E-state index is -0.303. The van der Waals surface area contributed by atoms with Crippen LogP contribution in [-0.2, 0) is 11.3 Å². The number of hydrogen-bond acceptors (Lipinski definition) is 6. The quantitative estimate of drug-likeness (QED) is 0.533. The summed E-state index contributed by atoms with van der Waals surface area (Å²) in [7, 11) is 0. The number of rotatable bonds is 4. The average Bonchev–Trinajstić information content (AvgIpc) is 3.10. The van der Waals surface area contributed by atoms with Gasteiger partial charge in [-0.3, -0.25) is 4.98 Å². The van der Waals surface area contributed by atoms with Gasteiger partial charge in [-0.1, -0.05) is 30.3 Å². The molecule has 8 heteroatoms. The number of nitrogens with zero attached hydrogens (tertiary/aromatic N) is 5. The van der Waals surface area contributed by atoms with Gasteiger partial charge in [0.25, 0.3) is 0 Å². The van der Waals surface area contributed by atoms with Gasteiger partial charge in [0.1, 0.15) is 0 Å². The topological polar surface area (TPSA) is 100 Å². The number of anilines is 1. The van der Waals surface area contributed by atoms with Crippen LogP contribution < -0.4 is 11.4 Å². The Balaban J connectivity index is 1.77. The van der Waals surface area contributed by atoms with Crippen molar-refractivity contribution in [1.82, 2.24) is 24.1 Å². The fraction of sp³-hybridized carbons (Fsp3) is 0.333. The predicted octanol–water partition coefficient (Wildman–Crippen LogP) is 3.39. The van der Waals surface area contributed by atoms with E-state index in [2.05, 4.69) is 9.97 Å². The molecule has 1 unspecified atom stereocenters. The van der Waals surface area contributed by atoms with E-state index in [-0.39, 0.29) is 17.7 Å². The second kappa shape index (κ2) is 8.20. The third-order valence-corrected chi connectivity index (χ3v) is 5.82. The van der Waals surface area contributed by atoms with Gasteiger partial charge in [0.2, 0.25) is 5.95 Å². The van der Waals surface area contributed by atoms with E-state index in [9.17, 15) is 4.79 Å². The largest absolute Gasteiger partial charge is 0.376 e. The molecular weight excluding hydrogens is 404 g/mol. The molecule has 0 saturated carbocycles. The van der Waals surface area contributed by atoms with Gasteiger partial charge >= 0.3 is 5.69 Å². The molecule has 5 rings (SSSR count).